The number of nitrogens with zero attached hydrogens (tertiary/aromatic N) is 3. The quantitative estimate of drug-likeness (QED) is 0.727. The summed E-state index contributed by atoms with van der Waals surface area (Å²) in [7, 11) is -1.93. The summed E-state index contributed by atoms with van der Waals surface area (Å²) < 4.78 is 27.0. The van der Waals surface area contributed by atoms with Crippen LogP contribution in [-0.4, -0.2) is 41.5 Å². The van der Waals surface area contributed by atoms with Crippen LogP contribution in [0.1, 0.15) is 25.0 Å². The van der Waals surface area contributed by atoms with Crippen molar-refractivity contribution < 1.29 is 8.42 Å². The zero-order valence-electron chi connectivity index (χ0n) is 9.69. The van der Waals surface area contributed by atoms with Crippen LogP contribution in [0.5, 0.6) is 0 Å². The lowest BCUT2D eigenvalue weighted by molar-refractivity contribution is 0.446. The highest BCUT2D eigenvalue weighted by Gasteiger charge is 2.18. The second-order valence-electron chi connectivity index (χ2n) is 3.49. The van der Waals surface area contributed by atoms with Crippen LogP contribution < -0.4 is 4.72 Å². The van der Waals surface area contributed by atoms with Crippen LogP contribution in [0.15, 0.2) is 0 Å². The normalized spacial score (nSPS) is 12.2. The van der Waals surface area contributed by atoms with E-state index in [1.807, 2.05) is 6.92 Å². The van der Waals surface area contributed by atoms with Crippen LogP contribution in [-0.2, 0) is 16.8 Å². The SMILES string of the molecule is CCCNS(=O)(=O)N(C)Cc1n[nH]c(C)n1. The molecule has 0 saturated carbocycles. The Morgan fingerprint density at radius 2 is 2.19 bits per heavy atom. The number of aromatic nitrogens is 3. The van der Waals surface area contributed by atoms with Crippen molar-refractivity contribution in [3.8, 4) is 0 Å². The van der Waals surface area contributed by atoms with E-state index in [1.165, 1.54) is 11.4 Å². The summed E-state index contributed by atoms with van der Waals surface area (Å²) in [5, 5.41) is 6.55. The van der Waals surface area contributed by atoms with E-state index in [4.69, 9.17) is 0 Å². The molecule has 0 atom stereocenters. The third-order valence-electron chi connectivity index (χ3n) is 1.95. The molecule has 0 fully saturated rings. The molecule has 92 valence electrons. The molecule has 7 nitrogen and oxygen atoms in total. The number of rotatable bonds is 6. The van der Waals surface area contributed by atoms with E-state index in [0.717, 1.165) is 6.42 Å². The van der Waals surface area contributed by atoms with E-state index in [2.05, 4.69) is 19.9 Å². The molecule has 0 saturated heterocycles. The molecule has 0 aliphatic rings. The van der Waals surface area contributed by atoms with Gasteiger partial charge in [0.2, 0.25) is 0 Å². The smallest absolute Gasteiger partial charge is 0.263 e. The van der Waals surface area contributed by atoms with Gasteiger partial charge in [-0.25, -0.2) is 9.71 Å². The molecule has 1 heterocycles. The second-order valence-corrected chi connectivity index (χ2v) is 5.35. The van der Waals surface area contributed by atoms with Gasteiger partial charge in [0.05, 0.1) is 6.54 Å². The summed E-state index contributed by atoms with van der Waals surface area (Å²) in [5.41, 5.74) is 0. The fraction of sp³-hybridized carbons (Fsp3) is 0.750. The first-order valence-corrected chi connectivity index (χ1v) is 6.48. The Kier molecular flexibility index (Phi) is 4.39. The fourth-order valence-electron chi connectivity index (χ4n) is 1.09. The second kappa shape index (κ2) is 5.37. The minimum absolute atomic E-state index is 0.156. The number of H-pyrrole nitrogens is 1. The number of aryl methyl sites for hydroxylation is 1. The van der Waals surface area contributed by atoms with Gasteiger partial charge in [0.1, 0.15) is 5.82 Å². The van der Waals surface area contributed by atoms with E-state index in [1.54, 1.807) is 6.92 Å². The maximum atomic E-state index is 11.6. The Morgan fingerprint density at radius 1 is 1.50 bits per heavy atom. The Hall–Kier alpha value is -0.990. The summed E-state index contributed by atoms with van der Waals surface area (Å²) >= 11 is 0. The van der Waals surface area contributed by atoms with E-state index >= 15 is 0 Å². The van der Waals surface area contributed by atoms with E-state index in [9.17, 15) is 8.42 Å². The van der Waals surface area contributed by atoms with E-state index in [-0.39, 0.29) is 6.54 Å². The first kappa shape index (κ1) is 13.1. The van der Waals surface area contributed by atoms with Crippen molar-refractivity contribution in [3.63, 3.8) is 0 Å². The van der Waals surface area contributed by atoms with Crippen LogP contribution in [0.4, 0.5) is 0 Å². The maximum Gasteiger partial charge on any atom is 0.279 e. The van der Waals surface area contributed by atoms with Crippen molar-refractivity contribution in [2.24, 2.45) is 0 Å². The molecular formula is C8H17N5O2S. The lowest BCUT2D eigenvalue weighted by atomic mass is 10.5. The van der Waals surface area contributed by atoms with Gasteiger partial charge in [-0.05, 0) is 13.3 Å². The predicted molar refractivity (Wildman–Crippen MR) is 59.8 cm³/mol. The van der Waals surface area contributed by atoms with Crippen molar-refractivity contribution in [1.82, 2.24) is 24.2 Å². The maximum absolute atomic E-state index is 11.6. The standard InChI is InChI=1S/C8H17N5O2S/c1-4-5-9-16(14,15)13(3)6-8-10-7(2)11-12-8/h9H,4-6H2,1-3H3,(H,10,11,12). The molecule has 0 radical (unpaired) electrons. The molecule has 0 aromatic carbocycles. The number of nitrogens with one attached hydrogen (secondary N) is 2. The first-order valence-electron chi connectivity index (χ1n) is 5.04. The molecule has 0 unspecified atom stereocenters. The third-order valence-corrected chi connectivity index (χ3v) is 3.47. The number of aromatic amines is 1. The minimum Gasteiger partial charge on any atom is -0.263 e. The summed E-state index contributed by atoms with van der Waals surface area (Å²) in [6.07, 6.45) is 0.757. The van der Waals surface area contributed by atoms with Gasteiger partial charge in [0.15, 0.2) is 5.82 Å². The Labute approximate surface area is 95.4 Å². The highest BCUT2D eigenvalue weighted by molar-refractivity contribution is 7.87. The first-order chi connectivity index (χ1) is 7.45. The summed E-state index contributed by atoms with van der Waals surface area (Å²) in [6.45, 7) is 4.25. The third kappa shape index (κ3) is 3.54. The topological polar surface area (TPSA) is 91.0 Å². The zero-order chi connectivity index (χ0) is 12.2. The average molecular weight is 247 g/mol. The molecule has 1 aromatic rings. The highest BCUT2D eigenvalue weighted by Crippen LogP contribution is 2.01. The largest absolute Gasteiger partial charge is 0.279 e. The summed E-state index contributed by atoms with van der Waals surface area (Å²) in [5.74, 6) is 1.13. The van der Waals surface area contributed by atoms with Crippen LogP contribution >= 0.6 is 0 Å². The van der Waals surface area contributed by atoms with Crippen molar-refractivity contribution >= 4 is 10.2 Å². The van der Waals surface area contributed by atoms with Crippen LogP contribution in [0.25, 0.3) is 0 Å². The molecular weight excluding hydrogens is 230 g/mol. The molecule has 0 aliphatic carbocycles. The van der Waals surface area contributed by atoms with Gasteiger partial charge in [-0.15, -0.1) is 0 Å². The van der Waals surface area contributed by atoms with Gasteiger partial charge in [-0.3, -0.25) is 5.10 Å². The van der Waals surface area contributed by atoms with Crippen LogP contribution in [0.3, 0.4) is 0 Å². The summed E-state index contributed by atoms with van der Waals surface area (Å²) in [6, 6.07) is 0. The summed E-state index contributed by atoms with van der Waals surface area (Å²) in [4.78, 5) is 4.04. The van der Waals surface area contributed by atoms with Crippen molar-refractivity contribution in [2.45, 2.75) is 26.8 Å². The molecule has 16 heavy (non-hydrogen) atoms. The van der Waals surface area contributed by atoms with Gasteiger partial charge in [0, 0.05) is 13.6 Å². The molecule has 1 aromatic heterocycles. The molecule has 8 heteroatoms. The fourth-order valence-corrected chi connectivity index (χ4v) is 2.05. The van der Waals surface area contributed by atoms with Crippen molar-refractivity contribution in [3.05, 3.63) is 11.6 Å². The van der Waals surface area contributed by atoms with Gasteiger partial charge in [-0.2, -0.15) is 17.8 Å². The minimum atomic E-state index is -3.42. The monoisotopic (exact) mass is 247 g/mol. The Morgan fingerprint density at radius 3 is 2.69 bits per heavy atom. The van der Waals surface area contributed by atoms with Gasteiger partial charge < -0.3 is 0 Å². The lowest BCUT2D eigenvalue weighted by Gasteiger charge is -2.15. The van der Waals surface area contributed by atoms with Gasteiger partial charge >= 0.3 is 0 Å². The Bertz CT molecular complexity index is 427. The average Bonchev–Trinajstić information content (AvgIpc) is 2.61. The Balaban J connectivity index is 2.61. The molecule has 0 aliphatic heterocycles. The predicted octanol–water partition coefficient (Wildman–Crippen LogP) is -0.211. The molecule has 2 N–H and O–H groups in total. The highest BCUT2D eigenvalue weighted by atomic mass is 32.2. The lowest BCUT2D eigenvalue weighted by Crippen LogP contribution is -2.38. The number of hydrogen-bond acceptors (Lipinski definition) is 4. The van der Waals surface area contributed by atoms with Crippen LogP contribution in [0.2, 0.25) is 0 Å². The molecule has 0 bridgehead atoms. The van der Waals surface area contributed by atoms with E-state index < -0.39 is 10.2 Å². The zero-order valence-corrected chi connectivity index (χ0v) is 10.5. The van der Waals surface area contributed by atoms with Crippen molar-refractivity contribution in [1.29, 1.82) is 0 Å². The molecule has 0 amide bonds. The van der Waals surface area contributed by atoms with Gasteiger partial charge in [-0.1, -0.05) is 6.92 Å². The van der Waals surface area contributed by atoms with Gasteiger partial charge in [0.25, 0.3) is 10.2 Å². The van der Waals surface area contributed by atoms with Crippen LogP contribution in [0, 0.1) is 6.92 Å². The van der Waals surface area contributed by atoms with E-state index in [0.29, 0.717) is 18.2 Å². The molecule has 1 rings (SSSR count). The van der Waals surface area contributed by atoms with Crippen molar-refractivity contribution in [2.75, 3.05) is 13.6 Å². The number of hydrogen-bond donors (Lipinski definition) is 2. The molecule has 0 spiro atoms.